The zero-order valence-electron chi connectivity index (χ0n) is 13.4. The summed E-state index contributed by atoms with van der Waals surface area (Å²) in [6, 6.07) is 7.60. The average molecular weight is 331 g/mol. The van der Waals surface area contributed by atoms with E-state index in [4.69, 9.17) is 9.47 Å². The SMILES string of the molecule is C=CCc1cc(C(=O)NCCc2cccs2)cc(OC)c1OC. The summed E-state index contributed by atoms with van der Waals surface area (Å²) < 4.78 is 10.7. The summed E-state index contributed by atoms with van der Waals surface area (Å²) in [5.41, 5.74) is 1.44. The molecule has 1 aromatic heterocycles. The van der Waals surface area contributed by atoms with Crippen LogP contribution in [0, 0.1) is 0 Å². The number of nitrogens with one attached hydrogen (secondary N) is 1. The minimum atomic E-state index is -0.118. The molecule has 0 aliphatic rings. The number of thiophene rings is 1. The van der Waals surface area contributed by atoms with Gasteiger partial charge in [0.2, 0.25) is 0 Å². The lowest BCUT2D eigenvalue weighted by Gasteiger charge is -2.14. The van der Waals surface area contributed by atoms with Crippen molar-refractivity contribution in [3.05, 3.63) is 58.3 Å². The zero-order chi connectivity index (χ0) is 16.7. The van der Waals surface area contributed by atoms with Crippen molar-refractivity contribution in [2.24, 2.45) is 0 Å². The Morgan fingerprint density at radius 2 is 2.17 bits per heavy atom. The molecule has 2 rings (SSSR count). The number of ether oxygens (including phenoxy) is 2. The van der Waals surface area contributed by atoms with Gasteiger partial charge in [-0.05, 0) is 36.4 Å². The normalized spacial score (nSPS) is 10.2. The molecule has 122 valence electrons. The van der Waals surface area contributed by atoms with Gasteiger partial charge in [-0.25, -0.2) is 0 Å². The first-order valence-electron chi connectivity index (χ1n) is 7.36. The van der Waals surface area contributed by atoms with Crippen molar-refractivity contribution in [3.8, 4) is 11.5 Å². The van der Waals surface area contributed by atoms with Crippen LogP contribution >= 0.6 is 11.3 Å². The van der Waals surface area contributed by atoms with E-state index in [0.29, 0.717) is 30.0 Å². The first kappa shape index (κ1) is 17.1. The standard InChI is InChI=1S/C18H21NO3S/c1-4-6-13-11-14(12-16(21-2)17(13)22-3)18(20)19-9-8-15-7-5-10-23-15/h4-5,7,10-12H,1,6,8-9H2,2-3H3,(H,19,20). The van der Waals surface area contributed by atoms with Crippen LogP contribution in [-0.2, 0) is 12.8 Å². The first-order chi connectivity index (χ1) is 11.2. The van der Waals surface area contributed by atoms with Gasteiger partial charge in [-0.2, -0.15) is 0 Å². The fourth-order valence-corrected chi connectivity index (χ4v) is 3.05. The van der Waals surface area contributed by atoms with Crippen LogP contribution in [0.2, 0.25) is 0 Å². The maximum Gasteiger partial charge on any atom is 0.251 e. The van der Waals surface area contributed by atoms with E-state index in [1.54, 1.807) is 37.7 Å². The minimum Gasteiger partial charge on any atom is -0.493 e. The molecule has 0 atom stereocenters. The van der Waals surface area contributed by atoms with Crippen molar-refractivity contribution < 1.29 is 14.3 Å². The average Bonchev–Trinajstić information content (AvgIpc) is 3.07. The lowest BCUT2D eigenvalue weighted by molar-refractivity contribution is 0.0953. The highest BCUT2D eigenvalue weighted by Gasteiger charge is 2.15. The molecule has 0 saturated heterocycles. The summed E-state index contributed by atoms with van der Waals surface area (Å²) in [6.45, 7) is 4.35. The molecule has 0 radical (unpaired) electrons. The fourth-order valence-electron chi connectivity index (χ4n) is 2.34. The molecule has 1 amide bonds. The highest BCUT2D eigenvalue weighted by molar-refractivity contribution is 7.09. The predicted octanol–water partition coefficient (Wildman–Crippen LogP) is 3.47. The molecule has 0 aliphatic heterocycles. The first-order valence-corrected chi connectivity index (χ1v) is 8.24. The predicted molar refractivity (Wildman–Crippen MR) is 93.8 cm³/mol. The Hall–Kier alpha value is -2.27. The van der Waals surface area contributed by atoms with E-state index < -0.39 is 0 Å². The molecule has 0 saturated carbocycles. The van der Waals surface area contributed by atoms with Crippen LogP contribution in [0.1, 0.15) is 20.8 Å². The maximum absolute atomic E-state index is 12.4. The van der Waals surface area contributed by atoms with Crippen LogP contribution in [-0.4, -0.2) is 26.7 Å². The number of hydrogen-bond donors (Lipinski definition) is 1. The molecule has 4 nitrogen and oxygen atoms in total. The van der Waals surface area contributed by atoms with Crippen LogP contribution in [0.5, 0.6) is 11.5 Å². The Balaban J connectivity index is 2.12. The molecule has 1 heterocycles. The number of rotatable bonds is 8. The number of allylic oxidation sites excluding steroid dienone is 1. The Bertz CT molecular complexity index is 665. The molecule has 0 bridgehead atoms. The van der Waals surface area contributed by atoms with E-state index in [0.717, 1.165) is 12.0 Å². The number of carbonyl (C=O) groups is 1. The van der Waals surface area contributed by atoms with E-state index >= 15 is 0 Å². The molecule has 0 aliphatic carbocycles. The van der Waals surface area contributed by atoms with Gasteiger partial charge in [0.15, 0.2) is 11.5 Å². The van der Waals surface area contributed by atoms with Gasteiger partial charge in [-0.1, -0.05) is 12.1 Å². The summed E-state index contributed by atoms with van der Waals surface area (Å²) in [6.07, 6.45) is 3.21. The van der Waals surface area contributed by atoms with E-state index in [1.807, 2.05) is 17.5 Å². The van der Waals surface area contributed by atoms with Gasteiger partial charge >= 0.3 is 0 Å². The van der Waals surface area contributed by atoms with Gasteiger partial charge in [0.05, 0.1) is 14.2 Å². The topological polar surface area (TPSA) is 47.6 Å². The molecule has 0 fully saturated rings. The van der Waals surface area contributed by atoms with Crippen molar-refractivity contribution in [2.45, 2.75) is 12.8 Å². The second kappa shape index (κ2) is 8.39. The van der Waals surface area contributed by atoms with Crippen molar-refractivity contribution in [1.82, 2.24) is 5.32 Å². The molecule has 23 heavy (non-hydrogen) atoms. The largest absolute Gasteiger partial charge is 0.493 e. The molecule has 1 N–H and O–H groups in total. The Morgan fingerprint density at radius 1 is 1.35 bits per heavy atom. The fraction of sp³-hybridized carbons (Fsp3) is 0.278. The molecule has 2 aromatic rings. The number of amides is 1. The third-order valence-electron chi connectivity index (χ3n) is 3.42. The summed E-state index contributed by atoms with van der Waals surface area (Å²) in [5, 5.41) is 4.98. The third-order valence-corrected chi connectivity index (χ3v) is 4.36. The zero-order valence-corrected chi connectivity index (χ0v) is 14.2. The van der Waals surface area contributed by atoms with Crippen molar-refractivity contribution in [2.75, 3.05) is 20.8 Å². The van der Waals surface area contributed by atoms with Gasteiger partial charge in [0.25, 0.3) is 5.91 Å². The minimum absolute atomic E-state index is 0.118. The van der Waals surface area contributed by atoms with Crippen molar-refractivity contribution in [1.29, 1.82) is 0 Å². The van der Waals surface area contributed by atoms with Crippen LogP contribution in [0.25, 0.3) is 0 Å². The Labute approximate surface area is 140 Å². The summed E-state index contributed by atoms with van der Waals surface area (Å²) in [7, 11) is 3.15. The van der Waals surface area contributed by atoms with Gasteiger partial charge in [0.1, 0.15) is 0 Å². The lowest BCUT2D eigenvalue weighted by Crippen LogP contribution is -2.25. The lowest BCUT2D eigenvalue weighted by atomic mass is 10.0. The van der Waals surface area contributed by atoms with E-state index in [9.17, 15) is 4.79 Å². The second-order valence-electron chi connectivity index (χ2n) is 4.95. The molecule has 0 spiro atoms. The number of benzene rings is 1. The Kier molecular flexibility index (Phi) is 6.23. The number of carbonyl (C=O) groups excluding carboxylic acids is 1. The van der Waals surface area contributed by atoms with Crippen LogP contribution in [0.3, 0.4) is 0 Å². The molecule has 0 unspecified atom stereocenters. The molecular weight excluding hydrogens is 310 g/mol. The van der Waals surface area contributed by atoms with Gasteiger partial charge in [-0.3, -0.25) is 4.79 Å². The Morgan fingerprint density at radius 3 is 2.78 bits per heavy atom. The summed E-state index contributed by atoms with van der Waals surface area (Å²) >= 11 is 1.69. The van der Waals surface area contributed by atoms with Gasteiger partial charge < -0.3 is 14.8 Å². The van der Waals surface area contributed by atoms with Gasteiger partial charge in [-0.15, -0.1) is 17.9 Å². The molecular formula is C18H21NO3S. The smallest absolute Gasteiger partial charge is 0.251 e. The van der Waals surface area contributed by atoms with Crippen molar-refractivity contribution in [3.63, 3.8) is 0 Å². The van der Waals surface area contributed by atoms with Crippen LogP contribution < -0.4 is 14.8 Å². The quantitative estimate of drug-likeness (QED) is 0.754. The van der Waals surface area contributed by atoms with E-state index in [1.165, 1.54) is 4.88 Å². The molecule has 5 heteroatoms. The van der Waals surface area contributed by atoms with E-state index in [-0.39, 0.29) is 5.91 Å². The highest BCUT2D eigenvalue weighted by atomic mass is 32.1. The summed E-state index contributed by atoms with van der Waals surface area (Å²) in [5.74, 6) is 1.07. The number of methoxy groups -OCH3 is 2. The van der Waals surface area contributed by atoms with Gasteiger partial charge in [0, 0.05) is 22.5 Å². The second-order valence-corrected chi connectivity index (χ2v) is 5.98. The van der Waals surface area contributed by atoms with Crippen LogP contribution in [0.15, 0.2) is 42.3 Å². The van der Waals surface area contributed by atoms with E-state index in [2.05, 4.69) is 18.0 Å². The maximum atomic E-state index is 12.4. The summed E-state index contributed by atoms with van der Waals surface area (Å²) in [4.78, 5) is 13.6. The van der Waals surface area contributed by atoms with Crippen LogP contribution in [0.4, 0.5) is 0 Å². The monoisotopic (exact) mass is 331 g/mol. The van der Waals surface area contributed by atoms with Crippen molar-refractivity contribution >= 4 is 17.2 Å². The molecule has 1 aromatic carbocycles. The number of hydrogen-bond acceptors (Lipinski definition) is 4. The highest BCUT2D eigenvalue weighted by Crippen LogP contribution is 2.33. The third kappa shape index (κ3) is 4.36.